The highest BCUT2D eigenvalue weighted by molar-refractivity contribution is 6.32. The summed E-state index contributed by atoms with van der Waals surface area (Å²) in [6.45, 7) is 2.31. The zero-order chi connectivity index (χ0) is 25.1. The van der Waals surface area contributed by atoms with Crippen LogP contribution in [0.15, 0.2) is 42.5 Å². The van der Waals surface area contributed by atoms with Crippen molar-refractivity contribution in [2.24, 2.45) is 0 Å². The number of ether oxygens (including phenoxy) is 1. The van der Waals surface area contributed by atoms with Crippen molar-refractivity contribution < 1.29 is 18.7 Å². The van der Waals surface area contributed by atoms with Crippen molar-refractivity contribution in [3.05, 3.63) is 64.4 Å². The Hall–Kier alpha value is -3.10. The third-order valence-corrected chi connectivity index (χ3v) is 6.80. The van der Waals surface area contributed by atoms with Gasteiger partial charge in [-0.3, -0.25) is 9.69 Å². The summed E-state index contributed by atoms with van der Waals surface area (Å²) in [5, 5.41) is 3.17. The standard InChI is InChI=1S/C26H30ClFN4O3/c1-30(2)26(34)29-23-13-22(27)24(35-3)12-18(23)6-11-25(33)32-20-9-10-21(32)16-31(15-20)14-17-4-7-19(28)8-5-17/h4-8,11-13,20-21H,9-10,14-16H2,1-3H3,(H,29,34)/b11-6+. The highest BCUT2D eigenvalue weighted by Crippen LogP contribution is 2.34. The van der Waals surface area contributed by atoms with Crippen molar-refractivity contribution in [3.8, 4) is 5.75 Å². The number of urea groups is 1. The molecule has 0 saturated carbocycles. The Morgan fingerprint density at radius 3 is 2.43 bits per heavy atom. The van der Waals surface area contributed by atoms with Crippen LogP contribution >= 0.6 is 11.6 Å². The van der Waals surface area contributed by atoms with Gasteiger partial charge in [0, 0.05) is 57.5 Å². The second kappa shape index (κ2) is 10.7. The van der Waals surface area contributed by atoms with Crippen LogP contribution in [0.5, 0.6) is 5.75 Å². The maximum atomic E-state index is 13.2. The van der Waals surface area contributed by atoms with Crippen LogP contribution < -0.4 is 10.1 Å². The minimum atomic E-state index is -0.303. The van der Waals surface area contributed by atoms with E-state index in [0.717, 1.165) is 38.0 Å². The van der Waals surface area contributed by atoms with Gasteiger partial charge in [-0.25, -0.2) is 9.18 Å². The summed E-state index contributed by atoms with van der Waals surface area (Å²) >= 11 is 6.26. The molecule has 2 aromatic carbocycles. The number of fused-ring (bicyclic) bond motifs is 2. The van der Waals surface area contributed by atoms with Crippen LogP contribution in [0.3, 0.4) is 0 Å². The lowest BCUT2D eigenvalue weighted by Crippen LogP contribution is -2.55. The molecule has 9 heteroatoms. The molecule has 3 amide bonds. The smallest absolute Gasteiger partial charge is 0.321 e. The number of carbonyl (C=O) groups excluding carboxylic acids is 2. The average Bonchev–Trinajstić information content (AvgIpc) is 3.10. The minimum Gasteiger partial charge on any atom is -0.495 e. The number of rotatable bonds is 6. The fourth-order valence-electron chi connectivity index (χ4n) is 4.77. The second-order valence-electron chi connectivity index (χ2n) is 9.18. The van der Waals surface area contributed by atoms with E-state index in [0.29, 0.717) is 22.0 Å². The summed E-state index contributed by atoms with van der Waals surface area (Å²) in [6, 6.07) is 9.87. The minimum absolute atomic E-state index is 0.0577. The lowest BCUT2D eigenvalue weighted by atomic mass is 10.1. The molecular weight excluding hydrogens is 471 g/mol. The average molecular weight is 501 g/mol. The van der Waals surface area contributed by atoms with Gasteiger partial charge in [-0.05, 0) is 48.7 Å². The Morgan fingerprint density at radius 2 is 1.83 bits per heavy atom. The molecule has 2 bridgehead atoms. The Bertz CT molecular complexity index is 1110. The molecule has 0 aromatic heterocycles. The molecule has 2 aliphatic heterocycles. The third-order valence-electron chi connectivity index (χ3n) is 6.51. The lowest BCUT2D eigenvalue weighted by molar-refractivity contribution is -0.131. The molecule has 2 heterocycles. The zero-order valence-electron chi connectivity index (χ0n) is 20.1. The molecule has 1 N–H and O–H groups in total. The zero-order valence-corrected chi connectivity index (χ0v) is 20.9. The lowest BCUT2D eigenvalue weighted by Gasteiger charge is -2.40. The number of nitrogens with zero attached hydrogens (tertiary/aromatic N) is 3. The molecule has 2 fully saturated rings. The molecular formula is C26H30ClFN4O3. The monoisotopic (exact) mass is 500 g/mol. The van der Waals surface area contributed by atoms with Crippen molar-refractivity contribution in [2.75, 3.05) is 39.6 Å². The van der Waals surface area contributed by atoms with Gasteiger partial charge >= 0.3 is 6.03 Å². The van der Waals surface area contributed by atoms with Gasteiger partial charge in [0.1, 0.15) is 11.6 Å². The van der Waals surface area contributed by atoms with E-state index in [2.05, 4.69) is 10.2 Å². The molecule has 2 saturated heterocycles. The molecule has 2 atom stereocenters. The van der Waals surface area contributed by atoms with E-state index in [4.69, 9.17) is 16.3 Å². The van der Waals surface area contributed by atoms with E-state index in [1.807, 2.05) is 17.0 Å². The largest absolute Gasteiger partial charge is 0.495 e. The number of hydrogen-bond donors (Lipinski definition) is 1. The van der Waals surface area contributed by atoms with Gasteiger partial charge < -0.3 is 19.9 Å². The maximum absolute atomic E-state index is 13.2. The van der Waals surface area contributed by atoms with E-state index in [9.17, 15) is 14.0 Å². The van der Waals surface area contributed by atoms with Crippen molar-refractivity contribution in [3.63, 3.8) is 0 Å². The van der Waals surface area contributed by atoms with Crippen molar-refractivity contribution in [2.45, 2.75) is 31.5 Å². The van der Waals surface area contributed by atoms with Crippen LogP contribution in [0.25, 0.3) is 6.08 Å². The van der Waals surface area contributed by atoms with Crippen LogP contribution in [0.1, 0.15) is 24.0 Å². The maximum Gasteiger partial charge on any atom is 0.321 e. The first kappa shape index (κ1) is 25.0. The summed E-state index contributed by atoms with van der Waals surface area (Å²) in [5.74, 6) is 0.160. The molecule has 0 spiro atoms. The molecule has 186 valence electrons. The first-order chi connectivity index (χ1) is 16.7. The number of likely N-dealkylation sites (tertiary alicyclic amines) is 1. The molecule has 4 rings (SSSR count). The van der Waals surface area contributed by atoms with Gasteiger partial charge in [0.25, 0.3) is 0 Å². The molecule has 7 nitrogen and oxygen atoms in total. The Kier molecular flexibility index (Phi) is 7.62. The van der Waals surface area contributed by atoms with E-state index >= 15 is 0 Å². The van der Waals surface area contributed by atoms with E-state index in [1.165, 1.54) is 24.1 Å². The highest BCUT2D eigenvalue weighted by Gasteiger charge is 2.41. The first-order valence-electron chi connectivity index (χ1n) is 11.6. The number of piperazine rings is 1. The SMILES string of the molecule is COc1cc(/C=C/C(=O)N2C3CCC2CN(Cc2ccc(F)cc2)C3)c(NC(=O)N(C)C)cc1Cl. The number of hydrogen-bond acceptors (Lipinski definition) is 4. The van der Waals surface area contributed by atoms with Crippen LogP contribution in [0.4, 0.5) is 14.9 Å². The summed E-state index contributed by atoms with van der Waals surface area (Å²) in [5.41, 5.74) is 2.18. The van der Waals surface area contributed by atoms with Gasteiger partial charge in [0.2, 0.25) is 5.91 Å². The van der Waals surface area contributed by atoms with Gasteiger partial charge in [-0.2, -0.15) is 0 Å². The number of anilines is 1. The number of methoxy groups -OCH3 is 1. The van der Waals surface area contributed by atoms with Crippen molar-refractivity contribution in [1.82, 2.24) is 14.7 Å². The third kappa shape index (κ3) is 5.77. The number of amides is 3. The van der Waals surface area contributed by atoms with E-state index in [1.54, 1.807) is 38.4 Å². The van der Waals surface area contributed by atoms with Gasteiger partial charge in [-0.1, -0.05) is 23.7 Å². The predicted molar refractivity (Wildman–Crippen MR) is 135 cm³/mol. The van der Waals surface area contributed by atoms with Crippen LogP contribution in [-0.4, -0.2) is 73.0 Å². The van der Waals surface area contributed by atoms with Crippen LogP contribution in [0.2, 0.25) is 5.02 Å². The molecule has 2 aromatic rings. The van der Waals surface area contributed by atoms with Gasteiger partial charge in [-0.15, -0.1) is 0 Å². The molecule has 0 radical (unpaired) electrons. The summed E-state index contributed by atoms with van der Waals surface area (Å²) < 4.78 is 18.5. The quantitative estimate of drug-likeness (QED) is 0.594. The molecule has 2 unspecified atom stereocenters. The van der Waals surface area contributed by atoms with Crippen molar-refractivity contribution in [1.29, 1.82) is 0 Å². The summed E-state index contributed by atoms with van der Waals surface area (Å²) in [6.07, 6.45) is 5.16. The number of benzene rings is 2. The predicted octanol–water partition coefficient (Wildman–Crippen LogP) is 4.47. The van der Waals surface area contributed by atoms with Crippen molar-refractivity contribution >= 4 is 35.3 Å². The fourth-order valence-corrected chi connectivity index (χ4v) is 5.01. The van der Waals surface area contributed by atoms with E-state index in [-0.39, 0.29) is 29.8 Å². The summed E-state index contributed by atoms with van der Waals surface area (Å²) in [7, 11) is 4.80. The molecule has 0 aliphatic carbocycles. The number of carbonyl (C=O) groups is 2. The van der Waals surface area contributed by atoms with E-state index < -0.39 is 0 Å². The van der Waals surface area contributed by atoms with Crippen LogP contribution in [-0.2, 0) is 11.3 Å². The Morgan fingerprint density at radius 1 is 1.17 bits per heavy atom. The highest BCUT2D eigenvalue weighted by atomic mass is 35.5. The number of halogens is 2. The number of nitrogens with one attached hydrogen (secondary N) is 1. The topological polar surface area (TPSA) is 65.1 Å². The second-order valence-corrected chi connectivity index (χ2v) is 9.59. The Labute approximate surface area is 210 Å². The summed E-state index contributed by atoms with van der Waals surface area (Å²) in [4.78, 5) is 31.2. The molecule has 35 heavy (non-hydrogen) atoms. The Balaban J connectivity index is 1.47. The van der Waals surface area contributed by atoms with Gasteiger partial charge in [0.05, 0.1) is 17.8 Å². The van der Waals surface area contributed by atoms with Crippen LogP contribution in [0, 0.1) is 5.82 Å². The first-order valence-corrected chi connectivity index (χ1v) is 12.0. The molecule has 2 aliphatic rings. The fraction of sp³-hybridized carbons (Fsp3) is 0.385. The normalized spacial score (nSPS) is 19.7. The van der Waals surface area contributed by atoms with Gasteiger partial charge in [0.15, 0.2) is 0 Å².